The molecular weight excluding hydrogens is 352 g/mol. The van der Waals surface area contributed by atoms with Crippen molar-refractivity contribution in [2.75, 3.05) is 7.11 Å². The molecule has 1 heterocycles. The first-order valence-corrected chi connectivity index (χ1v) is 10.1. The van der Waals surface area contributed by atoms with E-state index in [9.17, 15) is 9.90 Å². The molecule has 3 aromatic rings. The summed E-state index contributed by atoms with van der Waals surface area (Å²) in [5, 5.41) is 11.0. The van der Waals surface area contributed by atoms with Gasteiger partial charge < -0.3 is 14.3 Å². The van der Waals surface area contributed by atoms with Crippen LogP contribution in [-0.4, -0.2) is 18.0 Å². The Hall–Kier alpha value is -2.75. The Morgan fingerprint density at radius 3 is 2.61 bits per heavy atom. The standard InChI is InChI=1S/C24H28O4/c1-3-4-5-6-7-8-11-21(25)18-10-9-12-23-19(18)16-24(28-23)20-15-17(27-2)13-14-22(20)26/h9-10,12-16,26H,3-8,11H2,1-2H3. The number of hydrogen-bond donors (Lipinski definition) is 1. The molecule has 1 aromatic heterocycles. The number of methoxy groups -OCH3 is 1. The number of benzene rings is 2. The monoisotopic (exact) mass is 380 g/mol. The topological polar surface area (TPSA) is 59.7 Å². The lowest BCUT2D eigenvalue weighted by atomic mass is 10.00. The minimum Gasteiger partial charge on any atom is -0.507 e. The van der Waals surface area contributed by atoms with Crippen LogP contribution in [0.15, 0.2) is 46.9 Å². The van der Waals surface area contributed by atoms with Crippen molar-refractivity contribution < 1.29 is 19.1 Å². The van der Waals surface area contributed by atoms with E-state index in [1.807, 2.05) is 24.3 Å². The Morgan fingerprint density at radius 1 is 1.04 bits per heavy atom. The predicted octanol–water partition coefficient (Wildman–Crippen LogP) is 6.75. The van der Waals surface area contributed by atoms with Gasteiger partial charge in [-0.1, -0.05) is 51.2 Å². The lowest BCUT2D eigenvalue weighted by Gasteiger charge is -2.04. The van der Waals surface area contributed by atoms with Crippen LogP contribution in [0.2, 0.25) is 0 Å². The SMILES string of the molecule is CCCCCCCCC(=O)c1cccc2oc(-c3cc(OC)ccc3O)cc12. The first-order chi connectivity index (χ1) is 13.6. The van der Waals surface area contributed by atoms with Crippen LogP contribution in [0.3, 0.4) is 0 Å². The highest BCUT2D eigenvalue weighted by Gasteiger charge is 2.16. The highest BCUT2D eigenvalue weighted by Crippen LogP contribution is 2.37. The summed E-state index contributed by atoms with van der Waals surface area (Å²) in [6.07, 6.45) is 7.49. The van der Waals surface area contributed by atoms with Crippen LogP contribution in [-0.2, 0) is 0 Å². The smallest absolute Gasteiger partial charge is 0.163 e. The molecule has 0 radical (unpaired) electrons. The second-order valence-electron chi connectivity index (χ2n) is 7.15. The van der Waals surface area contributed by atoms with Crippen LogP contribution in [0, 0.1) is 0 Å². The molecule has 2 aromatic carbocycles. The molecule has 0 unspecified atom stereocenters. The Bertz CT molecular complexity index is 939. The number of carbonyl (C=O) groups excluding carboxylic acids is 1. The van der Waals surface area contributed by atoms with E-state index in [1.54, 1.807) is 25.3 Å². The molecule has 28 heavy (non-hydrogen) atoms. The summed E-state index contributed by atoms with van der Waals surface area (Å²) in [5.41, 5.74) is 1.87. The zero-order valence-electron chi connectivity index (χ0n) is 16.7. The molecule has 0 atom stereocenters. The molecule has 0 saturated heterocycles. The lowest BCUT2D eigenvalue weighted by Crippen LogP contribution is -1.99. The molecule has 0 saturated carbocycles. The minimum atomic E-state index is 0.111. The number of phenolic OH excluding ortho intramolecular Hbond substituents is 1. The van der Waals surface area contributed by atoms with E-state index >= 15 is 0 Å². The molecule has 0 aliphatic rings. The Kier molecular flexibility index (Phi) is 6.75. The van der Waals surface area contributed by atoms with Crippen molar-refractivity contribution in [2.24, 2.45) is 0 Å². The number of fused-ring (bicyclic) bond motifs is 1. The third-order valence-electron chi connectivity index (χ3n) is 5.09. The predicted molar refractivity (Wildman–Crippen MR) is 112 cm³/mol. The number of unbranched alkanes of at least 4 members (excludes halogenated alkanes) is 5. The normalized spacial score (nSPS) is 11.1. The van der Waals surface area contributed by atoms with Gasteiger partial charge in [0.05, 0.1) is 12.7 Å². The van der Waals surface area contributed by atoms with Gasteiger partial charge in [-0.2, -0.15) is 0 Å². The second kappa shape index (κ2) is 9.45. The largest absolute Gasteiger partial charge is 0.507 e. The van der Waals surface area contributed by atoms with Gasteiger partial charge in [0.15, 0.2) is 5.78 Å². The van der Waals surface area contributed by atoms with Gasteiger partial charge in [-0.15, -0.1) is 0 Å². The fourth-order valence-electron chi connectivity index (χ4n) is 3.48. The summed E-state index contributed by atoms with van der Waals surface area (Å²) in [7, 11) is 1.58. The number of carbonyl (C=O) groups is 1. The third kappa shape index (κ3) is 4.56. The van der Waals surface area contributed by atoms with Crippen LogP contribution in [0.1, 0.15) is 62.2 Å². The molecule has 0 bridgehead atoms. The summed E-state index contributed by atoms with van der Waals surface area (Å²) in [6.45, 7) is 2.20. The fraction of sp³-hybridized carbons (Fsp3) is 0.375. The summed E-state index contributed by atoms with van der Waals surface area (Å²) in [5.74, 6) is 1.40. The third-order valence-corrected chi connectivity index (χ3v) is 5.09. The van der Waals surface area contributed by atoms with E-state index in [1.165, 1.54) is 25.7 Å². The molecule has 0 aliphatic carbocycles. The number of ether oxygens (including phenoxy) is 1. The van der Waals surface area contributed by atoms with Crippen molar-refractivity contribution in [3.8, 4) is 22.8 Å². The van der Waals surface area contributed by atoms with Crippen LogP contribution < -0.4 is 4.74 Å². The van der Waals surface area contributed by atoms with Crippen LogP contribution >= 0.6 is 0 Å². The molecule has 0 aliphatic heterocycles. The first-order valence-electron chi connectivity index (χ1n) is 10.1. The van der Waals surface area contributed by atoms with Gasteiger partial charge in [0, 0.05) is 17.4 Å². The highest BCUT2D eigenvalue weighted by molar-refractivity contribution is 6.08. The van der Waals surface area contributed by atoms with E-state index < -0.39 is 0 Å². The van der Waals surface area contributed by atoms with Crippen molar-refractivity contribution in [3.63, 3.8) is 0 Å². The van der Waals surface area contributed by atoms with Gasteiger partial charge in [0.25, 0.3) is 0 Å². The first kappa shape index (κ1) is 20.0. The van der Waals surface area contributed by atoms with Gasteiger partial charge in [-0.3, -0.25) is 4.79 Å². The minimum absolute atomic E-state index is 0.111. The Balaban J connectivity index is 1.79. The number of rotatable bonds is 10. The molecule has 1 N–H and O–H groups in total. The van der Waals surface area contributed by atoms with Gasteiger partial charge in [0.1, 0.15) is 22.8 Å². The Morgan fingerprint density at radius 2 is 1.82 bits per heavy atom. The van der Waals surface area contributed by atoms with Crippen LogP contribution in [0.25, 0.3) is 22.3 Å². The van der Waals surface area contributed by atoms with Crippen molar-refractivity contribution in [2.45, 2.75) is 51.9 Å². The molecular formula is C24H28O4. The number of furan rings is 1. The molecule has 0 amide bonds. The highest BCUT2D eigenvalue weighted by atomic mass is 16.5. The van der Waals surface area contributed by atoms with Gasteiger partial charge in [-0.25, -0.2) is 0 Å². The number of phenols is 1. The Labute approximate surface area is 166 Å². The number of aromatic hydroxyl groups is 1. The second-order valence-corrected chi connectivity index (χ2v) is 7.15. The molecule has 0 spiro atoms. The quantitative estimate of drug-likeness (QED) is 0.312. The zero-order chi connectivity index (χ0) is 19.9. The zero-order valence-corrected chi connectivity index (χ0v) is 16.7. The summed E-state index contributed by atoms with van der Waals surface area (Å²) < 4.78 is 11.2. The fourth-order valence-corrected chi connectivity index (χ4v) is 3.48. The number of hydrogen-bond acceptors (Lipinski definition) is 4. The van der Waals surface area contributed by atoms with E-state index in [2.05, 4.69) is 6.92 Å². The van der Waals surface area contributed by atoms with Gasteiger partial charge in [-0.05, 0) is 36.8 Å². The van der Waals surface area contributed by atoms with Crippen molar-refractivity contribution in [1.29, 1.82) is 0 Å². The maximum absolute atomic E-state index is 12.7. The summed E-state index contributed by atoms with van der Waals surface area (Å²) in [6, 6.07) is 12.4. The summed E-state index contributed by atoms with van der Waals surface area (Å²) in [4.78, 5) is 12.7. The molecule has 4 heteroatoms. The van der Waals surface area contributed by atoms with Crippen molar-refractivity contribution in [1.82, 2.24) is 0 Å². The average molecular weight is 380 g/mol. The number of Topliss-reactive ketones (excluding diaryl/α,β-unsaturated/α-hetero) is 1. The van der Waals surface area contributed by atoms with Gasteiger partial charge >= 0.3 is 0 Å². The van der Waals surface area contributed by atoms with Crippen LogP contribution in [0.4, 0.5) is 0 Å². The molecule has 3 rings (SSSR count). The van der Waals surface area contributed by atoms with E-state index in [-0.39, 0.29) is 11.5 Å². The maximum Gasteiger partial charge on any atom is 0.163 e. The summed E-state index contributed by atoms with van der Waals surface area (Å²) >= 11 is 0. The molecule has 0 fully saturated rings. The van der Waals surface area contributed by atoms with Crippen molar-refractivity contribution in [3.05, 3.63) is 48.0 Å². The van der Waals surface area contributed by atoms with E-state index in [0.717, 1.165) is 18.2 Å². The van der Waals surface area contributed by atoms with E-state index in [0.29, 0.717) is 34.6 Å². The van der Waals surface area contributed by atoms with E-state index in [4.69, 9.17) is 9.15 Å². The van der Waals surface area contributed by atoms with Crippen molar-refractivity contribution >= 4 is 16.8 Å². The number of ketones is 1. The molecule has 148 valence electrons. The van der Waals surface area contributed by atoms with Crippen LogP contribution in [0.5, 0.6) is 11.5 Å². The van der Waals surface area contributed by atoms with Gasteiger partial charge in [0.2, 0.25) is 0 Å². The maximum atomic E-state index is 12.7. The average Bonchev–Trinajstić information content (AvgIpc) is 3.14. The molecule has 4 nitrogen and oxygen atoms in total. The lowest BCUT2D eigenvalue weighted by molar-refractivity contribution is 0.0980.